The van der Waals surface area contributed by atoms with E-state index >= 15 is 0 Å². The van der Waals surface area contributed by atoms with Gasteiger partial charge in [-0.05, 0) is 42.3 Å². The summed E-state index contributed by atoms with van der Waals surface area (Å²) in [5, 5.41) is 1.34. The summed E-state index contributed by atoms with van der Waals surface area (Å²) < 4.78 is 15.9. The standard InChI is InChI=1S/C24H22FN3OS2/c1-2-27-13-12-18-20(14-27)31-22-21(18)23(29)28(17-9-4-3-5-10-17)24(26-22)30-15-16-8-6-7-11-19(16)25/h3-11H,2,12-15H2,1H3. The van der Waals surface area contributed by atoms with Gasteiger partial charge in [0.05, 0.1) is 11.1 Å². The van der Waals surface area contributed by atoms with Crippen molar-refractivity contribution in [1.82, 2.24) is 14.5 Å². The zero-order valence-corrected chi connectivity index (χ0v) is 18.8. The van der Waals surface area contributed by atoms with Crippen LogP contribution in [-0.4, -0.2) is 27.5 Å². The van der Waals surface area contributed by atoms with E-state index in [4.69, 9.17) is 4.98 Å². The number of hydrogen-bond acceptors (Lipinski definition) is 5. The second kappa shape index (κ2) is 8.57. The molecule has 0 amide bonds. The minimum Gasteiger partial charge on any atom is -0.298 e. The van der Waals surface area contributed by atoms with Gasteiger partial charge in [0.1, 0.15) is 10.6 Å². The highest BCUT2D eigenvalue weighted by Crippen LogP contribution is 2.34. The maximum atomic E-state index is 14.2. The number of thioether (sulfide) groups is 1. The molecular weight excluding hydrogens is 429 g/mol. The highest BCUT2D eigenvalue weighted by Gasteiger charge is 2.25. The molecule has 1 aliphatic heterocycles. The van der Waals surface area contributed by atoms with E-state index in [0.29, 0.717) is 16.5 Å². The van der Waals surface area contributed by atoms with E-state index in [1.807, 2.05) is 36.4 Å². The Hall–Kier alpha value is -2.48. The van der Waals surface area contributed by atoms with Crippen LogP contribution in [0.1, 0.15) is 22.9 Å². The number of halogens is 1. The molecule has 5 rings (SSSR count). The van der Waals surface area contributed by atoms with Crippen LogP contribution >= 0.6 is 23.1 Å². The van der Waals surface area contributed by atoms with Gasteiger partial charge in [-0.25, -0.2) is 9.37 Å². The van der Waals surface area contributed by atoms with Gasteiger partial charge >= 0.3 is 0 Å². The third-order valence-electron chi connectivity index (χ3n) is 5.70. The van der Waals surface area contributed by atoms with Crippen molar-refractivity contribution in [3.8, 4) is 5.69 Å². The number of nitrogens with zero attached hydrogens (tertiary/aromatic N) is 3. The largest absolute Gasteiger partial charge is 0.298 e. The van der Waals surface area contributed by atoms with Crippen LogP contribution in [-0.2, 0) is 18.7 Å². The Bertz CT molecular complexity index is 1300. The molecule has 2 aromatic carbocycles. The molecule has 3 heterocycles. The van der Waals surface area contributed by atoms with Crippen LogP contribution in [0.2, 0.25) is 0 Å². The third kappa shape index (κ3) is 3.82. The molecule has 2 aromatic heterocycles. The molecule has 31 heavy (non-hydrogen) atoms. The van der Waals surface area contributed by atoms with Gasteiger partial charge in [-0.3, -0.25) is 14.3 Å². The van der Waals surface area contributed by atoms with E-state index in [1.54, 1.807) is 28.0 Å². The number of likely N-dealkylation sites (N-methyl/N-ethyl adjacent to an activating group) is 1. The van der Waals surface area contributed by atoms with Crippen LogP contribution in [0, 0.1) is 5.82 Å². The molecular formula is C24H22FN3OS2. The summed E-state index contributed by atoms with van der Waals surface area (Å²) in [6.45, 7) is 4.99. The molecule has 0 atom stereocenters. The fourth-order valence-electron chi connectivity index (χ4n) is 4.01. The maximum absolute atomic E-state index is 14.2. The minimum atomic E-state index is -0.240. The SMILES string of the molecule is CCN1CCc2c(sc3nc(SCc4ccccc4F)n(-c4ccccc4)c(=O)c23)C1. The lowest BCUT2D eigenvalue weighted by Gasteiger charge is -2.25. The lowest BCUT2D eigenvalue weighted by Crippen LogP contribution is -2.30. The normalized spacial score (nSPS) is 14.1. The molecule has 0 spiro atoms. The monoisotopic (exact) mass is 451 g/mol. The number of thiophene rings is 1. The van der Waals surface area contributed by atoms with Crippen molar-refractivity contribution in [1.29, 1.82) is 0 Å². The number of benzene rings is 2. The van der Waals surface area contributed by atoms with Gasteiger partial charge in [-0.15, -0.1) is 11.3 Å². The van der Waals surface area contributed by atoms with Crippen LogP contribution in [0.3, 0.4) is 0 Å². The molecule has 0 saturated heterocycles. The summed E-state index contributed by atoms with van der Waals surface area (Å²) in [6.07, 6.45) is 0.872. The predicted molar refractivity (Wildman–Crippen MR) is 126 cm³/mol. The Kier molecular flexibility index (Phi) is 5.65. The van der Waals surface area contributed by atoms with Crippen LogP contribution in [0.15, 0.2) is 64.5 Å². The van der Waals surface area contributed by atoms with Crippen molar-refractivity contribution in [2.24, 2.45) is 0 Å². The molecule has 4 nitrogen and oxygen atoms in total. The molecule has 0 N–H and O–H groups in total. The van der Waals surface area contributed by atoms with Gasteiger partial charge in [0.25, 0.3) is 5.56 Å². The predicted octanol–water partition coefficient (Wildman–Crippen LogP) is 5.26. The van der Waals surface area contributed by atoms with Crippen LogP contribution in [0.25, 0.3) is 15.9 Å². The Morgan fingerprint density at radius 3 is 2.68 bits per heavy atom. The van der Waals surface area contributed by atoms with Crippen molar-refractivity contribution in [2.45, 2.75) is 30.8 Å². The molecule has 158 valence electrons. The van der Waals surface area contributed by atoms with E-state index in [2.05, 4.69) is 11.8 Å². The number of rotatable bonds is 5. The maximum Gasteiger partial charge on any atom is 0.267 e. The molecule has 0 bridgehead atoms. The van der Waals surface area contributed by atoms with Crippen molar-refractivity contribution in [3.05, 3.63) is 86.8 Å². The Balaban J connectivity index is 1.65. The molecule has 0 aliphatic carbocycles. The summed E-state index contributed by atoms with van der Waals surface area (Å²) in [4.78, 5) is 23.1. The van der Waals surface area contributed by atoms with Gasteiger partial charge in [-0.2, -0.15) is 0 Å². The van der Waals surface area contributed by atoms with Gasteiger partial charge in [-0.1, -0.05) is 55.1 Å². The van der Waals surface area contributed by atoms with E-state index < -0.39 is 0 Å². The Morgan fingerprint density at radius 2 is 1.90 bits per heavy atom. The zero-order valence-electron chi connectivity index (χ0n) is 17.2. The number of hydrogen-bond donors (Lipinski definition) is 0. The smallest absolute Gasteiger partial charge is 0.267 e. The number of fused-ring (bicyclic) bond motifs is 3. The molecule has 1 aliphatic rings. The first-order valence-electron chi connectivity index (χ1n) is 10.4. The highest BCUT2D eigenvalue weighted by molar-refractivity contribution is 7.98. The van der Waals surface area contributed by atoms with E-state index in [1.165, 1.54) is 22.7 Å². The van der Waals surface area contributed by atoms with Crippen molar-refractivity contribution < 1.29 is 4.39 Å². The second-order valence-corrected chi connectivity index (χ2v) is 9.58. The summed E-state index contributed by atoms with van der Waals surface area (Å²) in [6, 6.07) is 16.3. The van der Waals surface area contributed by atoms with Crippen molar-refractivity contribution in [3.63, 3.8) is 0 Å². The fourth-order valence-corrected chi connectivity index (χ4v) is 6.31. The molecule has 4 aromatic rings. The van der Waals surface area contributed by atoms with E-state index in [0.717, 1.165) is 47.5 Å². The topological polar surface area (TPSA) is 38.1 Å². The molecule has 7 heteroatoms. The van der Waals surface area contributed by atoms with Crippen LogP contribution in [0.4, 0.5) is 4.39 Å². The van der Waals surface area contributed by atoms with Gasteiger partial charge in [0.2, 0.25) is 0 Å². The molecule has 0 radical (unpaired) electrons. The van der Waals surface area contributed by atoms with Crippen LogP contribution < -0.4 is 5.56 Å². The minimum absolute atomic E-state index is 0.0327. The van der Waals surface area contributed by atoms with Gasteiger partial charge in [0.15, 0.2) is 5.16 Å². The van der Waals surface area contributed by atoms with Gasteiger partial charge < -0.3 is 0 Å². The quantitative estimate of drug-likeness (QED) is 0.307. The summed E-state index contributed by atoms with van der Waals surface area (Å²) in [5.41, 5.74) is 2.50. The zero-order chi connectivity index (χ0) is 21.4. The average Bonchev–Trinajstić information content (AvgIpc) is 3.16. The third-order valence-corrected chi connectivity index (χ3v) is 7.80. The second-order valence-electron chi connectivity index (χ2n) is 7.55. The summed E-state index contributed by atoms with van der Waals surface area (Å²) >= 11 is 3.02. The fraction of sp³-hybridized carbons (Fsp3) is 0.250. The van der Waals surface area contributed by atoms with Gasteiger partial charge in [0, 0.05) is 23.7 Å². The molecule has 0 unspecified atom stereocenters. The molecule has 0 saturated carbocycles. The number of para-hydroxylation sites is 1. The van der Waals surface area contributed by atoms with E-state index in [9.17, 15) is 9.18 Å². The average molecular weight is 452 g/mol. The summed E-state index contributed by atoms with van der Waals surface area (Å²) in [7, 11) is 0. The Labute approximate surface area is 188 Å². The Morgan fingerprint density at radius 1 is 1.13 bits per heavy atom. The first-order valence-corrected chi connectivity index (χ1v) is 12.2. The van der Waals surface area contributed by atoms with Crippen LogP contribution in [0.5, 0.6) is 0 Å². The van der Waals surface area contributed by atoms with Crippen molar-refractivity contribution >= 4 is 33.3 Å². The lowest BCUT2D eigenvalue weighted by molar-refractivity contribution is 0.272. The molecule has 0 fully saturated rings. The van der Waals surface area contributed by atoms with Crippen molar-refractivity contribution in [2.75, 3.05) is 13.1 Å². The lowest BCUT2D eigenvalue weighted by atomic mass is 10.1. The first kappa shape index (κ1) is 20.4. The summed E-state index contributed by atoms with van der Waals surface area (Å²) in [5.74, 6) is 0.169. The first-order chi connectivity index (χ1) is 15.2. The highest BCUT2D eigenvalue weighted by atomic mass is 32.2. The van der Waals surface area contributed by atoms with E-state index in [-0.39, 0.29) is 11.4 Å². The number of aromatic nitrogens is 2.